The second-order valence-corrected chi connectivity index (χ2v) is 7.76. The van der Waals surface area contributed by atoms with Crippen molar-refractivity contribution in [3.05, 3.63) is 51.7 Å². The predicted molar refractivity (Wildman–Crippen MR) is 110 cm³/mol. The van der Waals surface area contributed by atoms with Crippen LogP contribution in [0.3, 0.4) is 0 Å². The first-order chi connectivity index (χ1) is 13.0. The highest BCUT2D eigenvalue weighted by Gasteiger charge is 2.16. The second-order valence-electron chi connectivity index (χ2n) is 6.76. The van der Waals surface area contributed by atoms with Crippen molar-refractivity contribution in [1.29, 1.82) is 0 Å². The Bertz CT molecular complexity index is 908. The van der Waals surface area contributed by atoms with E-state index in [-0.39, 0.29) is 0 Å². The molecule has 0 unspecified atom stereocenters. The first kappa shape index (κ1) is 19.6. The van der Waals surface area contributed by atoms with Crippen LogP contribution in [0.5, 0.6) is 11.6 Å². The largest absolute Gasteiger partial charge is 0.497 e. The molecule has 3 rings (SSSR count). The number of rotatable bonds is 8. The van der Waals surface area contributed by atoms with Gasteiger partial charge in [0.15, 0.2) is 0 Å². The SMILES string of the molecule is COc1ccc2cc(CN(Cc3sccc3C)C[C@@H](C)O)c(OC)nc2c1. The Hall–Kier alpha value is -2.15. The molecule has 144 valence electrons. The van der Waals surface area contributed by atoms with Crippen molar-refractivity contribution in [1.82, 2.24) is 9.88 Å². The molecule has 0 amide bonds. The number of benzene rings is 1. The normalized spacial score (nSPS) is 12.5. The van der Waals surface area contributed by atoms with Crippen molar-refractivity contribution in [3.63, 3.8) is 0 Å². The lowest BCUT2D eigenvalue weighted by Gasteiger charge is -2.24. The molecule has 5 nitrogen and oxygen atoms in total. The van der Waals surface area contributed by atoms with E-state index in [0.717, 1.165) is 28.8 Å². The van der Waals surface area contributed by atoms with Crippen molar-refractivity contribution in [2.24, 2.45) is 0 Å². The number of aliphatic hydroxyl groups is 1. The molecular formula is C21H26N2O3S. The fourth-order valence-corrected chi connectivity index (χ4v) is 4.11. The molecular weight excluding hydrogens is 360 g/mol. The molecule has 2 aromatic heterocycles. The minimum Gasteiger partial charge on any atom is -0.497 e. The zero-order valence-corrected chi connectivity index (χ0v) is 17.0. The number of nitrogens with zero attached hydrogens (tertiary/aromatic N) is 2. The van der Waals surface area contributed by atoms with Gasteiger partial charge in [-0.05, 0) is 49.1 Å². The lowest BCUT2D eigenvalue weighted by Crippen LogP contribution is -2.30. The second kappa shape index (κ2) is 8.69. The zero-order chi connectivity index (χ0) is 19.4. The molecule has 1 N–H and O–H groups in total. The van der Waals surface area contributed by atoms with E-state index in [2.05, 4.69) is 34.3 Å². The molecule has 27 heavy (non-hydrogen) atoms. The topological polar surface area (TPSA) is 54.8 Å². The maximum atomic E-state index is 9.96. The van der Waals surface area contributed by atoms with E-state index in [1.807, 2.05) is 25.1 Å². The molecule has 1 atom stereocenters. The molecule has 2 heterocycles. The van der Waals surface area contributed by atoms with Gasteiger partial charge in [0, 0.05) is 41.5 Å². The summed E-state index contributed by atoms with van der Waals surface area (Å²) in [5, 5.41) is 13.1. The molecule has 0 spiro atoms. The number of hydrogen-bond acceptors (Lipinski definition) is 6. The maximum Gasteiger partial charge on any atom is 0.218 e. The summed E-state index contributed by atoms with van der Waals surface area (Å²) in [5.41, 5.74) is 3.13. The van der Waals surface area contributed by atoms with Crippen LogP contribution in [-0.2, 0) is 13.1 Å². The van der Waals surface area contributed by atoms with Crippen LogP contribution in [0.4, 0.5) is 0 Å². The number of thiophene rings is 1. The minimum atomic E-state index is -0.408. The van der Waals surface area contributed by atoms with Crippen molar-refractivity contribution < 1.29 is 14.6 Å². The third-order valence-electron chi connectivity index (χ3n) is 4.51. The van der Waals surface area contributed by atoms with Gasteiger partial charge in [0.1, 0.15) is 5.75 Å². The van der Waals surface area contributed by atoms with Crippen LogP contribution in [0.25, 0.3) is 10.9 Å². The molecule has 0 radical (unpaired) electrons. The van der Waals surface area contributed by atoms with Crippen LogP contribution in [0.15, 0.2) is 35.7 Å². The summed E-state index contributed by atoms with van der Waals surface area (Å²) in [6, 6.07) is 10.1. The van der Waals surface area contributed by atoms with E-state index < -0.39 is 6.10 Å². The standard InChI is InChI=1S/C21H26N2O3S/c1-14-7-8-27-20(14)13-23(11-15(2)24)12-17-9-16-5-6-18(25-3)10-19(16)22-21(17)26-4/h5-10,15,24H,11-13H2,1-4H3/t15-/m1/s1. The van der Waals surface area contributed by atoms with Gasteiger partial charge in [-0.1, -0.05) is 0 Å². The highest BCUT2D eigenvalue weighted by atomic mass is 32.1. The third-order valence-corrected chi connectivity index (χ3v) is 5.52. The van der Waals surface area contributed by atoms with Gasteiger partial charge in [-0.3, -0.25) is 4.90 Å². The van der Waals surface area contributed by atoms with E-state index >= 15 is 0 Å². The average molecular weight is 387 g/mol. The van der Waals surface area contributed by atoms with E-state index in [4.69, 9.17) is 9.47 Å². The Kier molecular flexibility index (Phi) is 6.31. The van der Waals surface area contributed by atoms with E-state index in [1.165, 1.54) is 10.4 Å². The zero-order valence-electron chi connectivity index (χ0n) is 16.2. The number of pyridine rings is 1. The van der Waals surface area contributed by atoms with Crippen LogP contribution >= 0.6 is 11.3 Å². The Labute approximate surface area is 164 Å². The number of aromatic nitrogens is 1. The molecule has 0 saturated carbocycles. The fraction of sp³-hybridized carbons (Fsp3) is 0.381. The van der Waals surface area contributed by atoms with E-state index in [0.29, 0.717) is 19.0 Å². The van der Waals surface area contributed by atoms with Crippen LogP contribution in [0, 0.1) is 6.92 Å². The predicted octanol–water partition coefficient (Wildman–Crippen LogP) is 4.00. The molecule has 0 saturated heterocycles. The monoisotopic (exact) mass is 386 g/mol. The quantitative estimate of drug-likeness (QED) is 0.634. The van der Waals surface area contributed by atoms with Crippen molar-refractivity contribution in [2.45, 2.75) is 33.0 Å². The van der Waals surface area contributed by atoms with Gasteiger partial charge in [0.2, 0.25) is 5.88 Å². The van der Waals surface area contributed by atoms with E-state index in [1.54, 1.807) is 25.6 Å². The fourth-order valence-electron chi connectivity index (χ4n) is 3.16. The number of aliphatic hydroxyl groups excluding tert-OH is 1. The summed E-state index contributed by atoms with van der Waals surface area (Å²) in [4.78, 5) is 8.21. The maximum absolute atomic E-state index is 9.96. The summed E-state index contributed by atoms with van der Waals surface area (Å²) < 4.78 is 10.8. The van der Waals surface area contributed by atoms with Crippen molar-refractivity contribution in [3.8, 4) is 11.6 Å². The Morgan fingerprint density at radius 3 is 2.59 bits per heavy atom. The number of ether oxygens (including phenoxy) is 2. The Morgan fingerprint density at radius 2 is 1.96 bits per heavy atom. The van der Waals surface area contributed by atoms with Crippen molar-refractivity contribution in [2.75, 3.05) is 20.8 Å². The van der Waals surface area contributed by atoms with Gasteiger partial charge in [-0.25, -0.2) is 4.98 Å². The summed E-state index contributed by atoms with van der Waals surface area (Å²) in [6.07, 6.45) is -0.408. The molecule has 0 fully saturated rings. The molecule has 0 bridgehead atoms. The first-order valence-electron chi connectivity index (χ1n) is 8.95. The number of hydrogen-bond donors (Lipinski definition) is 1. The first-order valence-corrected chi connectivity index (χ1v) is 9.83. The molecule has 6 heteroatoms. The number of aryl methyl sites for hydroxylation is 1. The minimum absolute atomic E-state index is 0.408. The van der Waals surface area contributed by atoms with E-state index in [9.17, 15) is 5.11 Å². The van der Waals surface area contributed by atoms with Crippen LogP contribution < -0.4 is 9.47 Å². The smallest absolute Gasteiger partial charge is 0.218 e. The highest BCUT2D eigenvalue weighted by molar-refractivity contribution is 7.10. The summed E-state index contributed by atoms with van der Waals surface area (Å²) in [7, 11) is 3.29. The Balaban J connectivity index is 1.91. The molecule has 0 aliphatic heterocycles. The Morgan fingerprint density at radius 1 is 1.15 bits per heavy atom. The molecule has 0 aliphatic carbocycles. The lowest BCUT2D eigenvalue weighted by molar-refractivity contribution is 0.118. The van der Waals surface area contributed by atoms with Gasteiger partial charge >= 0.3 is 0 Å². The van der Waals surface area contributed by atoms with Crippen LogP contribution in [-0.4, -0.2) is 41.9 Å². The summed E-state index contributed by atoms with van der Waals surface area (Å²) in [6.45, 7) is 5.97. The third kappa shape index (κ3) is 4.77. The summed E-state index contributed by atoms with van der Waals surface area (Å²) >= 11 is 1.75. The molecule has 1 aromatic carbocycles. The molecule has 3 aromatic rings. The average Bonchev–Trinajstić information content (AvgIpc) is 3.04. The summed E-state index contributed by atoms with van der Waals surface area (Å²) in [5.74, 6) is 1.38. The number of fused-ring (bicyclic) bond motifs is 1. The van der Waals surface area contributed by atoms with Gasteiger partial charge in [0.05, 0.1) is 25.8 Å². The lowest BCUT2D eigenvalue weighted by atomic mass is 10.1. The van der Waals surface area contributed by atoms with Crippen molar-refractivity contribution >= 4 is 22.2 Å². The van der Waals surface area contributed by atoms with Gasteiger partial charge in [-0.15, -0.1) is 11.3 Å². The number of methoxy groups -OCH3 is 2. The highest BCUT2D eigenvalue weighted by Crippen LogP contribution is 2.27. The molecule has 0 aliphatic rings. The van der Waals surface area contributed by atoms with Gasteiger partial charge in [-0.2, -0.15) is 0 Å². The van der Waals surface area contributed by atoms with Gasteiger partial charge in [0.25, 0.3) is 0 Å². The van der Waals surface area contributed by atoms with Crippen LogP contribution in [0.1, 0.15) is 22.9 Å². The van der Waals surface area contributed by atoms with Crippen LogP contribution in [0.2, 0.25) is 0 Å². The van der Waals surface area contributed by atoms with Gasteiger partial charge < -0.3 is 14.6 Å².